The third-order valence-corrected chi connectivity index (χ3v) is 2.99. The van der Waals surface area contributed by atoms with E-state index in [0.29, 0.717) is 25.4 Å². The number of benzene rings is 1. The summed E-state index contributed by atoms with van der Waals surface area (Å²) in [5, 5.41) is 0. The highest BCUT2D eigenvalue weighted by Crippen LogP contribution is 2.38. The van der Waals surface area contributed by atoms with Crippen molar-refractivity contribution in [2.45, 2.75) is 31.9 Å². The zero-order valence-electron chi connectivity index (χ0n) is 10.2. The fourth-order valence-electron chi connectivity index (χ4n) is 2.19. The van der Waals surface area contributed by atoms with Crippen LogP contribution < -0.4 is 10.5 Å². The van der Waals surface area contributed by atoms with E-state index in [1.807, 2.05) is 13.8 Å². The monoisotopic (exact) mass is 239 g/mol. The Hall–Kier alpha value is -1.13. The molecule has 0 radical (unpaired) electrons. The number of halogens is 1. The second kappa shape index (κ2) is 4.63. The molecule has 0 saturated heterocycles. The van der Waals surface area contributed by atoms with Gasteiger partial charge in [0, 0.05) is 24.6 Å². The molecule has 4 heteroatoms. The summed E-state index contributed by atoms with van der Waals surface area (Å²) < 4.78 is 24.4. The Balaban J connectivity index is 2.23. The van der Waals surface area contributed by atoms with Crippen molar-refractivity contribution in [2.24, 2.45) is 5.73 Å². The van der Waals surface area contributed by atoms with Gasteiger partial charge in [0.25, 0.3) is 0 Å². The molecule has 0 amide bonds. The van der Waals surface area contributed by atoms with Crippen LogP contribution in [0.5, 0.6) is 5.75 Å². The minimum atomic E-state index is -0.430. The molecule has 1 aliphatic heterocycles. The molecule has 1 aromatic carbocycles. The molecule has 0 aliphatic carbocycles. The van der Waals surface area contributed by atoms with Gasteiger partial charge in [0.2, 0.25) is 0 Å². The number of hydrogen-bond donors (Lipinski definition) is 1. The van der Waals surface area contributed by atoms with E-state index in [1.165, 1.54) is 12.1 Å². The Morgan fingerprint density at radius 3 is 3.06 bits per heavy atom. The Kier molecular flexibility index (Phi) is 3.35. The molecule has 2 atom stereocenters. The Bertz CT molecular complexity index is 410. The van der Waals surface area contributed by atoms with Crippen molar-refractivity contribution in [3.05, 3.63) is 29.6 Å². The van der Waals surface area contributed by atoms with E-state index >= 15 is 0 Å². The number of rotatable bonds is 3. The van der Waals surface area contributed by atoms with Gasteiger partial charge in [0.15, 0.2) is 0 Å². The highest BCUT2D eigenvalue weighted by atomic mass is 19.1. The molecular weight excluding hydrogens is 221 g/mol. The van der Waals surface area contributed by atoms with Crippen LogP contribution in [-0.2, 0) is 4.74 Å². The normalized spacial score (nSPS) is 27.4. The lowest BCUT2D eigenvalue weighted by atomic mass is 9.89. The van der Waals surface area contributed by atoms with E-state index in [4.69, 9.17) is 15.2 Å². The maximum Gasteiger partial charge on any atom is 0.131 e. The van der Waals surface area contributed by atoms with Gasteiger partial charge in [-0.15, -0.1) is 0 Å². The third kappa shape index (κ3) is 2.58. The molecule has 2 rings (SSSR count). The van der Waals surface area contributed by atoms with Crippen molar-refractivity contribution in [3.8, 4) is 5.75 Å². The summed E-state index contributed by atoms with van der Waals surface area (Å²) in [7, 11) is 0. The second-order valence-corrected chi connectivity index (χ2v) is 4.68. The average Bonchev–Trinajstić information content (AvgIpc) is 2.28. The first-order chi connectivity index (χ1) is 8.04. The number of ether oxygens (including phenoxy) is 2. The zero-order chi connectivity index (χ0) is 12.5. The first-order valence-corrected chi connectivity index (χ1v) is 5.86. The lowest BCUT2D eigenvalue weighted by Gasteiger charge is -2.38. The SMILES string of the molecule is CCOCC1(C)C[C@@H](N)c2cc(F)ccc2O1. The topological polar surface area (TPSA) is 44.5 Å². The van der Waals surface area contributed by atoms with Gasteiger partial charge in [-0.25, -0.2) is 4.39 Å². The summed E-state index contributed by atoms with van der Waals surface area (Å²) in [6, 6.07) is 4.26. The van der Waals surface area contributed by atoms with Gasteiger partial charge in [0.1, 0.15) is 17.2 Å². The molecule has 0 saturated carbocycles. The molecule has 17 heavy (non-hydrogen) atoms. The molecule has 1 heterocycles. The average molecular weight is 239 g/mol. The van der Waals surface area contributed by atoms with Crippen molar-refractivity contribution < 1.29 is 13.9 Å². The number of nitrogens with two attached hydrogens (primary N) is 1. The first kappa shape index (κ1) is 12.3. The van der Waals surface area contributed by atoms with E-state index in [9.17, 15) is 4.39 Å². The Morgan fingerprint density at radius 2 is 2.35 bits per heavy atom. The zero-order valence-corrected chi connectivity index (χ0v) is 10.2. The Labute approximate surface area is 101 Å². The van der Waals surface area contributed by atoms with Crippen LogP contribution >= 0.6 is 0 Å². The molecule has 0 spiro atoms. The summed E-state index contributed by atoms with van der Waals surface area (Å²) >= 11 is 0. The molecular formula is C13H18FNO2. The Morgan fingerprint density at radius 1 is 1.59 bits per heavy atom. The highest BCUT2D eigenvalue weighted by Gasteiger charge is 2.36. The molecule has 94 valence electrons. The van der Waals surface area contributed by atoms with Gasteiger partial charge < -0.3 is 15.2 Å². The smallest absolute Gasteiger partial charge is 0.131 e. The molecule has 1 aliphatic rings. The predicted molar refractivity (Wildman–Crippen MR) is 63.5 cm³/mol. The lowest BCUT2D eigenvalue weighted by molar-refractivity contribution is -0.0303. The third-order valence-electron chi connectivity index (χ3n) is 2.99. The summed E-state index contributed by atoms with van der Waals surface area (Å²) in [5.41, 5.74) is 6.37. The van der Waals surface area contributed by atoms with Gasteiger partial charge in [-0.1, -0.05) is 0 Å². The van der Waals surface area contributed by atoms with Crippen LogP contribution in [0.2, 0.25) is 0 Å². The minimum Gasteiger partial charge on any atom is -0.485 e. The molecule has 0 bridgehead atoms. The summed E-state index contributed by atoms with van der Waals surface area (Å²) in [5.74, 6) is 0.378. The number of hydrogen-bond acceptors (Lipinski definition) is 3. The highest BCUT2D eigenvalue weighted by molar-refractivity contribution is 5.39. The van der Waals surface area contributed by atoms with Crippen LogP contribution in [0.25, 0.3) is 0 Å². The van der Waals surface area contributed by atoms with E-state index < -0.39 is 5.60 Å². The van der Waals surface area contributed by atoms with Gasteiger partial charge in [-0.3, -0.25) is 0 Å². The maximum atomic E-state index is 13.1. The molecule has 1 unspecified atom stereocenters. The summed E-state index contributed by atoms with van der Waals surface area (Å²) in [6.07, 6.45) is 0.628. The van der Waals surface area contributed by atoms with Crippen LogP contribution in [0, 0.1) is 5.82 Å². The summed E-state index contributed by atoms with van der Waals surface area (Å²) in [6.45, 7) is 5.04. The fourth-order valence-corrected chi connectivity index (χ4v) is 2.19. The number of fused-ring (bicyclic) bond motifs is 1. The van der Waals surface area contributed by atoms with Crippen LogP contribution in [0.4, 0.5) is 4.39 Å². The summed E-state index contributed by atoms with van der Waals surface area (Å²) in [4.78, 5) is 0. The van der Waals surface area contributed by atoms with Crippen LogP contribution in [0.15, 0.2) is 18.2 Å². The molecule has 3 nitrogen and oxygen atoms in total. The standard InChI is InChI=1S/C13H18FNO2/c1-3-16-8-13(2)7-11(15)10-6-9(14)4-5-12(10)17-13/h4-6,11H,3,7-8,15H2,1-2H3/t11-,13?/m1/s1. The second-order valence-electron chi connectivity index (χ2n) is 4.68. The van der Waals surface area contributed by atoms with Gasteiger partial charge in [-0.05, 0) is 32.0 Å². The largest absolute Gasteiger partial charge is 0.485 e. The van der Waals surface area contributed by atoms with E-state index in [1.54, 1.807) is 6.07 Å². The fraction of sp³-hybridized carbons (Fsp3) is 0.538. The van der Waals surface area contributed by atoms with E-state index in [0.717, 1.165) is 5.56 Å². The first-order valence-electron chi connectivity index (χ1n) is 5.86. The van der Waals surface area contributed by atoms with Crippen LogP contribution in [0.3, 0.4) is 0 Å². The van der Waals surface area contributed by atoms with Crippen molar-refractivity contribution in [2.75, 3.05) is 13.2 Å². The van der Waals surface area contributed by atoms with Crippen molar-refractivity contribution >= 4 is 0 Å². The van der Waals surface area contributed by atoms with Crippen LogP contribution in [0.1, 0.15) is 31.9 Å². The van der Waals surface area contributed by atoms with Gasteiger partial charge >= 0.3 is 0 Å². The molecule has 0 fully saturated rings. The van der Waals surface area contributed by atoms with Crippen molar-refractivity contribution in [3.63, 3.8) is 0 Å². The quantitative estimate of drug-likeness (QED) is 0.881. The minimum absolute atomic E-state index is 0.208. The lowest BCUT2D eigenvalue weighted by Crippen LogP contribution is -2.44. The van der Waals surface area contributed by atoms with E-state index in [2.05, 4.69) is 0 Å². The van der Waals surface area contributed by atoms with E-state index in [-0.39, 0.29) is 11.9 Å². The van der Waals surface area contributed by atoms with Crippen molar-refractivity contribution in [1.29, 1.82) is 0 Å². The molecule has 2 N–H and O–H groups in total. The predicted octanol–water partition coefficient (Wildman–Crippen LogP) is 2.40. The molecule has 1 aromatic rings. The van der Waals surface area contributed by atoms with Gasteiger partial charge in [-0.2, -0.15) is 0 Å². The maximum absolute atomic E-state index is 13.1. The van der Waals surface area contributed by atoms with Crippen LogP contribution in [-0.4, -0.2) is 18.8 Å². The van der Waals surface area contributed by atoms with Crippen molar-refractivity contribution in [1.82, 2.24) is 0 Å². The van der Waals surface area contributed by atoms with Gasteiger partial charge in [0.05, 0.1) is 6.61 Å². The molecule has 0 aromatic heterocycles.